The maximum absolute atomic E-state index is 12.2. The predicted octanol–water partition coefficient (Wildman–Crippen LogP) is 1.86. The van der Waals surface area contributed by atoms with E-state index in [-0.39, 0.29) is 12.1 Å². The van der Waals surface area contributed by atoms with Crippen molar-refractivity contribution in [1.82, 2.24) is 10.2 Å². The molecule has 0 bridgehead atoms. The fourth-order valence-corrected chi connectivity index (χ4v) is 2.94. The van der Waals surface area contributed by atoms with Gasteiger partial charge in [0.05, 0.1) is 18.8 Å². The summed E-state index contributed by atoms with van der Waals surface area (Å²) in [7, 11) is 2.01. The first-order valence-corrected chi connectivity index (χ1v) is 7.87. The second-order valence-electron chi connectivity index (χ2n) is 5.57. The van der Waals surface area contributed by atoms with Gasteiger partial charge in [-0.2, -0.15) is 0 Å². The van der Waals surface area contributed by atoms with Crippen LogP contribution in [0.2, 0.25) is 10.0 Å². The Bertz CT molecular complexity index is 521. The Kier molecular flexibility index (Phi) is 6.06. The van der Waals surface area contributed by atoms with E-state index in [1.807, 2.05) is 14.0 Å². The van der Waals surface area contributed by atoms with Crippen LogP contribution in [0, 0.1) is 0 Å². The molecule has 3 atom stereocenters. The highest BCUT2D eigenvalue weighted by atomic mass is 35.5. The zero-order valence-electron chi connectivity index (χ0n) is 12.6. The number of carbonyl (C=O) groups excluding carboxylic acids is 1. The molecular formula is C15H20Cl2N2O3. The Morgan fingerprint density at radius 2 is 2.05 bits per heavy atom. The molecule has 1 amide bonds. The number of benzene rings is 1. The predicted molar refractivity (Wildman–Crippen MR) is 86.3 cm³/mol. The van der Waals surface area contributed by atoms with Gasteiger partial charge in [-0.15, -0.1) is 0 Å². The largest absolute Gasteiger partial charge is 0.378 e. The molecule has 0 spiro atoms. The number of carbonyl (C=O) groups is 1. The average molecular weight is 347 g/mol. The lowest BCUT2D eigenvalue weighted by Crippen LogP contribution is -2.52. The first kappa shape index (κ1) is 17.5. The normalized spacial score (nSPS) is 22.1. The molecule has 1 heterocycles. The Labute approximate surface area is 140 Å². The van der Waals surface area contributed by atoms with Gasteiger partial charge in [0.2, 0.25) is 0 Å². The number of halogens is 2. The SMILES string of the molecule is CC(NC(=O)C(O)c1cc(Cl)cc(Cl)c1)C1CN(C)CCO1. The molecule has 2 rings (SSSR count). The lowest BCUT2D eigenvalue weighted by atomic mass is 10.1. The number of aliphatic hydroxyl groups is 1. The number of morpholine rings is 1. The second kappa shape index (κ2) is 7.62. The third-order valence-corrected chi connectivity index (χ3v) is 4.11. The van der Waals surface area contributed by atoms with Gasteiger partial charge in [-0.1, -0.05) is 23.2 Å². The Balaban J connectivity index is 1.98. The second-order valence-corrected chi connectivity index (χ2v) is 6.45. The number of rotatable bonds is 4. The van der Waals surface area contributed by atoms with Crippen molar-refractivity contribution in [2.75, 3.05) is 26.7 Å². The molecule has 1 saturated heterocycles. The molecule has 1 aliphatic rings. The van der Waals surface area contributed by atoms with Gasteiger partial charge in [0.25, 0.3) is 5.91 Å². The summed E-state index contributed by atoms with van der Waals surface area (Å²) in [6, 6.07) is 4.38. The standard InChI is InChI=1S/C15H20Cl2N2O3/c1-9(13-8-19(2)3-4-22-13)18-15(21)14(20)10-5-11(16)7-12(17)6-10/h5-7,9,13-14,20H,3-4,8H2,1-2H3,(H,18,21). The van der Waals surface area contributed by atoms with Gasteiger partial charge >= 0.3 is 0 Å². The third kappa shape index (κ3) is 4.57. The molecule has 1 fully saturated rings. The lowest BCUT2D eigenvalue weighted by Gasteiger charge is -2.34. The molecule has 0 saturated carbocycles. The number of hydrogen-bond donors (Lipinski definition) is 2. The molecule has 0 aliphatic carbocycles. The van der Waals surface area contributed by atoms with E-state index in [0.717, 1.165) is 13.1 Å². The number of nitrogens with one attached hydrogen (secondary N) is 1. The minimum absolute atomic E-state index is 0.0992. The van der Waals surface area contributed by atoms with Gasteiger partial charge < -0.3 is 20.1 Å². The van der Waals surface area contributed by atoms with Crippen LogP contribution in [0.15, 0.2) is 18.2 Å². The van der Waals surface area contributed by atoms with Gasteiger partial charge in [0, 0.05) is 23.1 Å². The quantitative estimate of drug-likeness (QED) is 0.873. The first-order valence-electron chi connectivity index (χ1n) is 7.11. The molecule has 1 aromatic carbocycles. The van der Waals surface area contributed by atoms with E-state index in [1.165, 1.54) is 12.1 Å². The van der Waals surface area contributed by atoms with E-state index in [2.05, 4.69) is 10.2 Å². The molecule has 1 aromatic rings. The van der Waals surface area contributed by atoms with Crippen molar-refractivity contribution in [3.63, 3.8) is 0 Å². The monoisotopic (exact) mass is 346 g/mol. The topological polar surface area (TPSA) is 61.8 Å². The number of likely N-dealkylation sites (N-methyl/N-ethyl adjacent to an activating group) is 1. The molecule has 1 aliphatic heterocycles. The van der Waals surface area contributed by atoms with Crippen molar-refractivity contribution in [3.8, 4) is 0 Å². The summed E-state index contributed by atoms with van der Waals surface area (Å²) in [6.07, 6.45) is -1.42. The summed E-state index contributed by atoms with van der Waals surface area (Å²) in [5.74, 6) is -0.498. The first-order chi connectivity index (χ1) is 10.4. The van der Waals surface area contributed by atoms with Crippen LogP contribution >= 0.6 is 23.2 Å². The molecule has 3 unspecified atom stereocenters. The van der Waals surface area contributed by atoms with Gasteiger partial charge in [-0.3, -0.25) is 4.79 Å². The van der Waals surface area contributed by atoms with Crippen LogP contribution < -0.4 is 5.32 Å². The Hall–Kier alpha value is -0.850. The summed E-state index contributed by atoms with van der Waals surface area (Å²) in [5, 5.41) is 13.7. The molecule has 22 heavy (non-hydrogen) atoms. The van der Waals surface area contributed by atoms with Crippen LogP contribution in [0.3, 0.4) is 0 Å². The van der Waals surface area contributed by atoms with Crippen molar-refractivity contribution in [2.45, 2.75) is 25.2 Å². The number of hydrogen-bond acceptors (Lipinski definition) is 4. The molecule has 2 N–H and O–H groups in total. The van der Waals surface area contributed by atoms with Gasteiger partial charge in [-0.25, -0.2) is 0 Å². The summed E-state index contributed by atoms with van der Waals surface area (Å²) < 4.78 is 5.65. The van der Waals surface area contributed by atoms with E-state index < -0.39 is 12.0 Å². The molecule has 5 nitrogen and oxygen atoms in total. The minimum Gasteiger partial charge on any atom is -0.378 e. The summed E-state index contributed by atoms with van der Waals surface area (Å²) >= 11 is 11.8. The van der Waals surface area contributed by atoms with E-state index in [0.29, 0.717) is 22.2 Å². The molecule has 7 heteroatoms. The average Bonchev–Trinajstić information content (AvgIpc) is 2.45. The van der Waals surface area contributed by atoms with Gasteiger partial charge in [0.1, 0.15) is 0 Å². The highest BCUT2D eigenvalue weighted by molar-refractivity contribution is 6.34. The summed E-state index contributed by atoms with van der Waals surface area (Å²) in [6.45, 7) is 4.11. The van der Waals surface area contributed by atoms with Crippen molar-refractivity contribution < 1.29 is 14.6 Å². The lowest BCUT2D eigenvalue weighted by molar-refractivity contribution is -0.132. The van der Waals surface area contributed by atoms with Crippen molar-refractivity contribution >= 4 is 29.1 Å². The van der Waals surface area contributed by atoms with E-state index in [1.54, 1.807) is 6.07 Å². The van der Waals surface area contributed by atoms with Crippen LogP contribution in [0.25, 0.3) is 0 Å². The van der Waals surface area contributed by atoms with Crippen LogP contribution in [0.5, 0.6) is 0 Å². The molecular weight excluding hydrogens is 327 g/mol. The van der Waals surface area contributed by atoms with E-state index in [4.69, 9.17) is 27.9 Å². The Morgan fingerprint density at radius 3 is 2.64 bits per heavy atom. The fraction of sp³-hybridized carbons (Fsp3) is 0.533. The smallest absolute Gasteiger partial charge is 0.253 e. The van der Waals surface area contributed by atoms with Crippen molar-refractivity contribution in [2.24, 2.45) is 0 Å². The van der Waals surface area contributed by atoms with Crippen LogP contribution in [-0.2, 0) is 9.53 Å². The highest BCUT2D eigenvalue weighted by Crippen LogP contribution is 2.24. The third-order valence-electron chi connectivity index (χ3n) is 3.67. The van der Waals surface area contributed by atoms with Crippen LogP contribution in [0.4, 0.5) is 0 Å². The molecule has 0 aromatic heterocycles. The van der Waals surface area contributed by atoms with Gasteiger partial charge in [-0.05, 0) is 37.7 Å². The minimum atomic E-state index is -1.32. The molecule has 0 radical (unpaired) electrons. The summed E-state index contributed by atoms with van der Waals surface area (Å²) in [5.41, 5.74) is 0.365. The van der Waals surface area contributed by atoms with Gasteiger partial charge in [0.15, 0.2) is 6.10 Å². The maximum Gasteiger partial charge on any atom is 0.253 e. The Morgan fingerprint density at radius 1 is 1.41 bits per heavy atom. The zero-order valence-corrected chi connectivity index (χ0v) is 14.1. The van der Waals surface area contributed by atoms with E-state index >= 15 is 0 Å². The van der Waals surface area contributed by atoms with E-state index in [9.17, 15) is 9.90 Å². The highest BCUT2D eigenvalue weighted by Gasteiger charge is 2.27. The summed E-state index contributed by atoms with van der Waals surface area (Å²) in [4.78, 5) is 14.3. The molecule has 122 valence electrons. The maximum atomic E-state index is 12.2. The van der Waals surface area contributed by atoms with Crippen LogP contribution in [-0.4, -0.2) is 54.8 Å². The number of amides is 1. The number of aliphatic hydroxyl groups excluding tert-OH is 1. The zero-order chi connectivity index (χ0) is 16.3. The fourth-order valence-electron chi connectivity index (χ4n) is 2.39. The van der Waals surface area contributed by atoms with Crippen LogP contribution in [0.1, 0.15) is 18.6 Å². The van der Waals surface area contributed by atoms with Crippen molar-refractivity contribution in [3.05, 3.63) is 33.8 Å². The number of ether oxygens (including phenoxy) is 1. The van der Waals surface area contributed by atoms with Crippen molar-refractivity contribution in [1.29, 1.82) is 0 Å². The number of nitrogens with zero attached hydrogens (tertiary/aromatic N) is 1.